The predicted molar refractivity (Wildman–Crippen MR) is 125 cm³/mol. The first-order valence-corrected chi connectivity index (χ1v) is 10.1. The van der Waals surface area contributed by atoms with Gasteiger partial charge in [-0.2, -0.15) is 0 Å². The Morgan fingerprint density at radius 1 is 1.14 bits per heavy atom. The van der Waals surface area contributed by atoms with E-state index < -0.39 is 5.60 Å². The molecule has 0 aliphatic rings. The first-order valence-electron chi connectivity index (χ1n) is 10.1. The Labute approximate surface area is 185 Å². The molecule has 2 rings (SSSR count). The van der Waals surface area contributed by atoms with E-state index in [1.165, 1.54) is 0 Å². The van der Waals surface area contributed by atoms with Crippen molar-refractivity contribution in [2.24, 2.45) is 4.99 Å². The normalized spacial score (nSPS) is 12.1. The van der Waals surface area contributed by atoms with E-state index in [4.69, 9.17) is 0 Å². The summed E-state index contributed by atoms with van der Waals surface area (Å²) in [5.74, 6) is 1.73. The standard InChI is InChI=1S/C20H34N6O.HI/c1-4-12-20(27,13-5-2)16-23-19(21-6-3)22-14-9-11-18-25-24-17-10-7-8-15-26(17)18;/h7-8,10,15,27H,4-6,9,11-14,16H2,1-3H3,(H2,21,22,23);1H. The molecule has 2 aromatic heterocycles. The highest BCUT2D eigenvalue weighted by atomic mass is 127. The Kier molecular flexibility index (Phi) is 11.4. The quantitative estimate of drug-likeness (QED) is 0.190. The van der Waals surface area contributed by atoms with Crippen LogP contribution in [0.2, 0.25) is 0 Å². The van der Waals surface area contributed by atoms with E-state index in [9.17, 15) is 5.11 Å². The van der Waals surface area contributed by atoms with E-state index in [1.54, 1.807) is 0 Å². The molecule has 0 spiro atoms. The van der Waals surface area contributed by atoms with E-state index in [2.05, 4.69) is 39.7 Å². The van der Waals surface area contributed by atoms with Gasteiger partial charge in [-0.15, -0.1) is 34.2 Å². The lowest BCUT2D eigenvalue weighted by molar-refractivity contribution is 0.0306. The van der Waals surface area contributed by atoms with Gasteiger partial charge in [0, 0.05) is 25.7 Å². The van der Waals surface area contributed by atoms with Crippen LogP contribution in [0.15, 0.2) is 29.4 Å². The summed E-state index contributed by atoms with van der Waals surface area (Å²) in [7, 11) is 0. The molecule has 0 aliphatic heterocycles. The largest absolute Gasteiger partial charge is 0.388 e. The molecule has 158 valence electrons. The van der Waals surface area contributed by atoms with E-state index in [-0.39, 0.29) is 24.0 Å². The lowest BCUT2D eigenvalue weighted by Gasteiger charge is -2.26. The smallest absolute Gasteiger partial charge is 0.191 e. The number of pyridine rings is 1. The Hall–Kier alpha value is -1.42. The monoisotopic (exact) mass is 502 g/mol. The van der Waals surface area contributed by atoms with Crippen molar-refractivity contribution >= 4 is 35.6 Å². The number of nitrogens with one attached hydrogen (secondary N) is 2. The van der Waals surface area contributed by atoms with Crippen molar-refractivity contribution in [2.75, 3.05) is 19.6 Å². The number of hydrogen-bond acceptors (Lipinski definition) is 4. The molecule has 8 heteroatoms. The second kappa shape index (κ2) is 12.9. The third-order valence-corrected chi connectivity index (χ3v) is 4.56. The molecule has 28 heavy (non-hydrogen) atoms. The maximum absolute atomic E-state index is 10.7. The van der Waals surface area contributed by atoms with Gasteiger partial charge in [-0.1, -0.05) is 32.8 Å². The molecule has 7 nitrogen and oxygen atoms in total. The van der Waals surface area contributed by atoms with Crippen LogP contribution < -0.4 is 10.6 Å². The molecule has 3 N–H and O–H groups in total. The highest BCUT2D eigenvalue weighted by molar-refractivity contribution is 14.0. The minimum Gasteiger partial charge on any atom is -0.388 e. The van der Waals surface area contributed by atoms with Crippen molar-refractivity contribution in [2.45, 2.75) is 64.9 Å². The summed E-state index contributed by atoms with van der Waals surface area (Å²) >= 11 is 0. The SMILES string of the molecule is CCCC(O)(CCC)CN=C(NCC)NCCCc1nnc2ccccn12.I. The summed E-state index contributed by atoms with van der Waals surface area (Å²) in [5, 5.41) is 25.8. The zero-order valence-corrected chi connectivity index (χ0v) is 19.6. The number of halogens is 1. The molecule has 0 bridgehead atoms. The van der Waals surface area contributed by atoms with Gasteiger partial charge in [-0.25, -0.2) is 0 Å². The molecule has 0 aromatic carbocycles. The Morgan fingerprint density at radius 3 is 2.57 bits per heavy atom. The zero-order valence-electron chi connectivity index (χ0n) is 17.3. The second-order valence-corrected chi connectivity index (χ2v) is 6.99. The number of rotatable bonds is 11. The molecule has 2 heterocycles. The summed E-state index contributed by atoms with van der Waals surface area (Å²) in [4.78, 5) is 4.62. The van der Waals surface area contributed by atoms with Crippen LogP contribution >= 0.6 is 24.0 Å². The summed E-state index contributed by atoms with van der Waals surface area (Å²) in [5.41, 5.74) is 0.174. The van der Waals surface area contributed by atoms with E-state index >= 15 is 0 Å². The third-order valence-electron chi connectivity index (χ3n) is 4.56. The summed E-state index contributed by atoms with van der Waals surface area (Å²) in [6.07, 6.45) is 7.24. The molecule has 0 atom stereocenters. The van der Waals surface area contributed by atoms with Crippen molar-refractivity contribution < 1.29 is 5.11 Å². The maximum atomic E-state index is 10.7. The van der Waals surface area contributed by atoms with Crippen LogP contribution in [-0.4, -0.2) is 50.9 Å². The van der Waals surface area contributed by atoms with Crippen LogP contribution in [-0.2, 0) is 6.42 Å². The van der Waals surface area contributed by atoms with Gasteiger partial charge in [0.25, 0.3) is 0 Å². The number of aliphatic imine (C=N–C) groups is 1. The number of aromatic nitrogens is 3. The molecular formula is C20H35IN6O. The first kappa shape index (κ1) is 24.6. The van der Waals surface area contributed by atoms with Gasteiger partial charge < -0.3 is 15.7 Å². The summed E-state index contributed by atoms with van der Waals surface area (Å²) < 4.78 is 2.02. The fourth-order valence-corrected chi connectivity index (χ4v) is 3.30. The second-order valence-electron chi connectivity index (χ2n) is 6.99. The molecule has 2 aromatic rings. The van der Waals surface area contributed by atoms with Crippen LogP contribution in [0.25, 0.3) is 5.65 Å². The average molecular weight is 502 g/mol. The average Bonchev–Trinajstić information content (AvgIpc) is 3.07. The first-order chi connectivity index (χ1) is 13.1. The van der Waals surface area contributed by atoms with E-state index in [1.807, 2.05) is 35.7 Å². The van der Waals surface area contributed by atoms with Crippen LogP contribution in [0.4, 0.5) is 0 Å². The maximum Gasteiger partial charge on any atom is 0.191 e. The molecule has 0 aliphatic carbocycles. The predicted octanol–water partition coefficient (Wildman–Crippen LogP) is 3.17. The topological polar surface area (TPSA) is 86.8 Å². The van der Waals surface area contributed by atoms with Crippen molar-refractivity contribution in [1.29, 1.82) is 0 Å². The minimum atomic E-state index is -0.702. The molecule has 0 radical (unpaired) electrons. The summed E-state index contributed by atoms with van der Waals surface area (Å²) in [6.45, 7) is 8.25. The van der Waals surface area contributed by atoms with Crippen molar-refractivity contribution in [3.05, 3.63) is 30.2 Å². The molecule has 0 amide bonds. The highest BCUT2D eigenvalue weighted by Gasteiger charge is 2.24. The van der Waals surface area contributed by atoms with Crippen LogP contribution in [0.1, 0.15) is 58.7 Å². The number of aliphatic hydroxyl groups is 1. The molecule has 0 saturated carbocycles. The van der Waals surface area contributed by atoms with Crippen molar-refractivity contribution in [3.8, 4) is 0 Å². The number of nitrogens with zero attached hydrogens (tertiary/aromatic N) is 4. The number of fused-ring (bicyclic) bond motifs is 1. The molecule has 0 fully saturated rings. The fraction of sp³-hybridized carbons (Fsp3) is 0.650. The zero-order chi connectivity index (χ0) is 19.5. The van der Waals surface area contributed by atoms with E-state index in [0.29, 0.717) is 6.54 Å². The molecule has 0 unspecified atom stereocenters. The fourth-order valence-electron chi connectivity index (χ4n) is 3.30. The third kappa shape index (κ3) is 7.54. The lowest BCUT2D eigenvalue weighted by Crippen LogP contribution is -2.40. The van der Waals surface area contributed by atoms with Crippen LogP contribution in [0.5, 0.6) is 0 Å². The van der Waals surface area contributed by atoms with Crippen LogP contribution in [0, 0.1) is 0 Å². The van der Waals surface area contributed by atoms with Gasteiger partial charge in [-0.3, -0.25) is 9.39 Å². The van der Waals surface area contributed by atoms with Gasteiger partial charge in [-0.05, 0) is 38.3 Å². The number of hydrogen-bond donors (Lipinski definition) is 3. The summed E-state index contributed by atoms with van der Waals surface area (Å²) in [6, 6.07) is 5.91. The van der Waals surface area contributed by atoms with Gasteiger partial charge in [0.2, 0.25) is 0 Å². The van der Waals surface area contributed by atoms with Gasteiger partial charge in [0.15, 0.2) is 11.6 Å². The van der Waals surface area contributed by atoms with Gasteiger partial charge in [0.05, 0.1) is 12.1 Å². The van der Waals surface area contributed by atoms with Crippen molar-refractivity contribution in [1.82, 2.24) is 25.2 Å². The van der Waals surface area contributed by atoms with Gasteiger partial charge >= 0.3 is 0 Å². The van der Waals surface area contributed by atoms with Gasteiger partial charge in [0.1, 0.15) is 5.82 Å². The number of guanidine groups is 1. The molecular weight excluding hydrogens is 467 g/mol. The number of aryl methyl sites for hydroxylation is 1. The minimum absolute atomic E-state index is 0. The van der Waals surface area contributed by atoms with Crippen molar-refractivity contribution in [3.63, 3.8) is 0 Å². The van der Waals surface area contributed by atoms with Crippen LogP contribution in [0.3, 0.4) is 0 Å². The Bertz CT molecular complexity index is 712. The highest BCUT2D eigenvalue weighted by Crippen LogP contribution is 2.19. The molecule has 0 saturated heterocycles. The Balaban J connectivity index is 0.00000392. The lowest BCUT2D eigenvalue weighted by atomic mass is 9.93. The Morgan fingerprint density at radius 2 is 1.89 bits per heavy atom. The van der Waals surface area contributed by atoms with E-state index in [0.717, 1.165) is 69.0 Å².